The van der Waals surface area contributed by atoms with E-state index in [0.29, 0.717) is 6.54 Å². The SMILES string of the molecule is CN(CCOc1ccccc1F)C(=O)C1CNC(=O)CN1. The van der Waals surface area contributed by atoms with Crippen LogP contribution in [0.5, 0.6) is 5.75 Å². The molecule has 0 aliphatic carbocycles. The number of carbonyl (C=O) groups excluding carboxylic acids is 2. The van der Waals surface area contributed by atoms with Crippen LogP contribution in [0.25, 0.3) is 0 Å². The number of hydrogen-bond donors (Lipinski definition) is 2. The first-order valence-corrected chi connectivity index (χ1v) is 6.70. The highest BCUT2D eigenvalue weighted by atomic mass is 19.1. The molecule has 0 spiro atoms. The van der Waals surface area contributed by atoms with Crippen LogP contribution in [0.3, 0.4) is 0 Å². The van der Waals surface area contributed by atoms with E-state index in [1.807, 2.05) is 0 Å². The normalized spacial score (nSPS) is 18.0. The Kier molecular flexibility index (Phi) is 5.10. The molecule has 1 aliphatic rings. The largest absolute Gasteiger partial charge is 0.489 e. The number of carbonyl (C=O) groups is 2. The Labute approximate surface area is 122 Å². The van der Waals surface area contributed by atoms with E-state index in [1.54, 1.807) is 19.2 Å². The number of ether oxygens (including phenoxy) is 1. The molecule has 1 fully saturated rings. The number of likely N-dealkylation sites (N-methyl/N-ethyl adjacent to an activating group) is 1. The van der Waals surface area contributed by atoms with E-state index in [1.165, 1.54) is 17.0 Å². The molecule has 1 aromatic carbocycles. The summed E-state index contributed by atoms with van der Waals surface area (Å²) in [6.07, 6.45) is 0. The molecule has 21 heavy (non-hydrogen) atoms. The number of nitrogens with one attached hydrogen (secondary N) is 2. The second kappa shape index (κ2) is 7.03. The molecule has 0 saturated carbocycles. The monoisotopic (exact) mass is 295 g/mol. The van der Waals surface area contributed by atoms with Gasteiger partial charge in [0.05, 0.1) is 13.1 Å². The van der Waals surface area contributed by atoms with Crippen LogP contribution in [-0.2, 0) is 9.59 Å². The van der Waals surface area contributed by atoms with E-state index in [9.17, 15) is 14.0 Å². The number of rotatable bonds is 5. The van der Waals surface area contributed by atoms with Gasteiger partial charge in [0.1, 0.15) is 12.6 Å². The first kappa shape index (κ1) is 15.2. The molecule has 2 N–H and O–H groups in total. The first-order chi connectivity index (χ1) is 10.1. The van der Waals surface area contributed by atoms with Gasteiger partial charge in [-0.25, -0.2) is 4.39 Å². The van der Waals surface area contributed by atoms with Crippen LogP contribution in [-0.4, -0.2) is 56.0 Å². The van der Waals surface area contributed by atoms with Gasteiger partial charge in [-0.15, -0.1) is 0 Å². The Morgan fingerprint density at radius 3 is 2.90 bits per heavy atom. The van der Waals surface area contributed by atoms with Crippen LogP contribution in [0.1, 0.15) is 0 Å². The van der Waals surface area contributed by atoms with Crippen LogP contribution in [0.15, 0.2) is 24.3 Å². The van der Waals surface area contributed by atoms with Crippen LogP contribution in [0, 0.1) is 5.82 Å². The van der Waals surface area contributed by atoms with E-state index < -0.39 is 11.9 Å². The predicted molar refractivity (Wildman–Crippen MR) is 74.3 cm³/mol. The van der Waals surface area contributed by atoms with Crippen molar-refractivity contribution in [2.45, 2.75) is 6.04 Å². The third-order valence-electron chi connectivity index (χ3n) is 3.21. The minimum atomic E-state index is -0.429. The fourth-order valence-corrected chi connectivity index (χ4v) is 1.97. The maximum atomic E-state index is 13.3. The molecule has 1 aromatic rings. The summed E-state index contributed by atoms with van der Waals surface area (Å²) in [5.74, 6) is -0.513. The molecular weight excluding hydrogens is 277 g/mol. The van der Waals surface area contributed by atoms with Crippen molar-refractivity contribution in [1.82, 2.24) is 15.5 Å². The van der Waals surface area contributed by atoms with Crippen LogP contribution < -0.4 is 15.4 Å². The highest BCUT2D eigenvalue weighted by Gasteiger charge is 2.26. The number of para-hydroxylation sites is 1. The molecule has 1 unspecified atom stereocenters. The van der Waals surface area contributed by atoms with Gasteiger partial charge in [0.2, 0.25) is 11.8 Å². The molecule has 2 amide bonds. The summed E-state index contributed by atoms with van der Waals surface area (Å²) in [5.41, 5.74) is 0. The van der Waals surface area contributed by atoms with Gasteiger partial charge in [-0.05, 0) is 12.1 Å². The number of piperazine rings is 1. The average Bonchev–Trinajstić information content (AvgIpc) is 2.49. The van der Waals surface area contributed by atoms with E-state index in [4.69, 9.17) is 4.74 Å². The minimum absolute atomic E-state index is 0.121. The van der Waals surface area contributed by atoms with Crippen molar-refractivity contribution in [3.8, 4) is 5.75 Å². The van der Waals surface area contributed by atoms with Gasteiger partial charge >= 0.3 is 0 Å². The van der Waals surface area contributed by atoms with Gasteiger partial charge in [-0.1, -0.05) is 12.1 Å². The summed E-state index contributed by atoms with van der Waals surface area (Å²) in [4.78, 5) is 24.6. The molecule has 1 saturated heterocycles. The summed E-state index contributed by atoms with van der Waals surface area (Å²) in [6.45, 7) is 0.938. The fourth-order valence-electron chi connectivity index (χ4n) is 1.97. The summed E-state index contributed by atoms with van der Waals surface area (Å²) >= 11 is 0. The second-order valence-electron chi connectivity index (χ2n) is 4.78. The van der Waals surface area contributed by atoms with Gasteiger partial charge in [0.15, 0.2) is 11.6 Å². The molecule has 1 aliphatic heterocycles. The molecule has 0 bridgehead atoms. The Morgan fingerprint density at radius 2 is 2.24 bits per heavy atom. The molecule has 7 heteroatoms. The molecule has 114 valence electrons. The van der Waals surface area contributed by atoms with Crippen molar-refractivity contribution in [1.29, 1.82) is 0 Å². The quantitative estimate of drug-likeness (QED) is 0.786. The zero-order valence-corrected chi connectivity index (χ0v) is 11.8. The fraction of sp³-hybridized carbons (Fsp3) is 0.429. The van der Waals surface area contributed by atoms with E-state index in [0.717, 1.165) is 0 Å². The number of benzene rings is 1. The van der Waals surface area contributed by atoms with Crippen molar-refractivity contribution >= 4 is 11.8 Å². The molecule has 0 radical (unpaired) electrons. The lowest BCUT2D eigenvalue weighted by molar-refractivity contribution is -0.134. The van der Waals surface area contributed by atoms with Crippen molar-refractivity contribution < 1.29 is 18.7 Å². The number of hydrogen-bond acceptors (Lipinski definition) is 4. The molecule has 2 rings (SSSR count). The van der Waals surface area contributed by atoms with Gasteiger partial charge in [0.25, 0.3) is 0 Å². The highest BCUT2D eigenvalue weighted by molar-refractivity contribution is 5.86. The van der Waals surface area contributed by atoms with E-state index >= 15 is 0 Å². The summed E-state index contributed by atoms with van der Waals surface area (Å²) < 4.78 is 18.6. The molecular formula is C14H18FN3O3. The zero-order chi connectivity index (χ0) is 15.2. The van der Waals surface area contributed by atoms with Crippen LogP contribution in [0.2, 0.25) is 0 Å². The third-order valence-corrected chi connectivity index (χ3v) is 3.21. The highest BCUT2D eigenvalue weighted by Crippen LogP contribution is 2.15. The molecule has 0 aromatic heterocycles. The maximum absolute atomic E-state index is 13.3. The van der Waals surface area contributed by atoms with Gasteiger partial charge in [-0.2, -0.15) is 0 Å². The standard InChI is InChI=1S/C14H18FN3O3/c1-18(14(20)11-8-17-13(19)9-16-11)6-7-21-12-5-3-2-4-10(12)15/h2-5,11,16H,6-9H2,1H3,(H,17,19). The average molecular weight is 295 g/mol. The van der Waals surface area contributed by atoms with Crippen molar-refractivity contribution in [3.63, 3.8) is 0 Å². The lowest BCUT2D eigenvalue weighted by Gasteiger charge is -2.27. The minimum Gasteiger partial charge on any atom is -0.489 e. The van der Waals surface area contributed by atoms with E-state index in [-0.39, 0.29) is 37.3 Å². The number of halogens is 1. The Balaban J connectivity index is 1.76. The molecule has 1 atom stereocenters. The predicted octanol–water partition coefficient (Wildman–Crippen LogP) is -0.249. The van der Waals surface area contributed by atoms with Crippen molar-refractivity contribution in [2.75, 3.05) is 33.3 Å². The lowest BCUT2D eigenvalue weighted by Crippen LogP contribution is -2.58. The van der Waals surface area contributed by atoms with Crippen molar-refractivity contribution in [2.24, 2.45) is 0 Å². The third kappa shape index (κ3) is 4.16. The Bertz CT molecular complexity index is 514. The van der Waals surface area contributed by atoms with Crippen molar-refractivity contribution in [3.05, 3.63) is 30.1 Å². The number of amides is 2. The topological polar surface area (TPSA) is 70.7 Å². The first-order valence-electron chi connectivity index (χ1n) is 6.70. The summed E-state index contributed by atoms with van der Waals surface area (Å²) in [6, 6.07) is 5.69. The Morgan fingerprint density at radius 1 is 1.48 bits per heavy atom. The number of nitrogens with zero attached hydrogens (tertiary/aromatic N) is 1. The van der Waals surface area contributed by atoms with E-state index in [2.05, 4.69) is 10.6 Å². The lowest BCUT2D eigenvalue weighted by atomic mass is 10.2. The maximum Gasteiger partial charge on any atom is 0.241 e. The molecule has 6 nitrogen and oxygen atoms in total. The Hall–Kier alpha value is -2.15. The second-order valence-corrected chi connectivity index (χ2v) is 4.78. The van der Waals surface area contributed by atoms with Gasteiger partial charge in [0, 0.05) is 13.6 Å². The van der Waals surface area contributed by atoms with Gasteiger partial charge in [-0.3, -0.25) is 14.9 Å². The molecule has 1 heterocycles. The summed E-state index contributed by atoms with van der Waals surface area (Å²) in [5, 5.41) is 5.49. The smallest absolute Gasteiger partial charge is 0.241 e. The summed E-state index contributed by atoms with van der Waals surface area (Å²) in [7, 11) is 1.64. The van der Waals surface area contributed by atoms with Gasteiger partial charge < -0.3 is 15.0 Å². The van der Waals surface area contributed by atoms with Crippen LogP contribution >= 0.6 is 0 Å². The van der Waals surface area contributed by atoms with Crippen LogP contribution in [0.4, 0.5) is 4.39 Å². The zero-order valence-electron chi connectivity index (χ0n) is 11.8.